The molecular weight excluding hydrogens is 472 g/mol. The number of pyridine rings is 1. The Hall–Kier alpha value is -3.60. The Morgan fingerprint density at radius 3 is 1.84 bits per heavy atom. The van der Waals surface area contributed by atoms with Crippen LogP contribution in [0.5, 0.6) is 11.5 Å². The lowest BCUT2D eigenvalue weighted by Gasteiger charge is -2.55. The molecule has 0 saturated heterocycles. The molecule has 0 aliphatic heterocycles. The summed E-state index contributed by atoms with van der Waals surface area (Å²) in [5, 5.41) is 1.00. The van der Waals surface area contributed by atoms with Crippen molar-refractivity contribution in [3.63, 3.8) is 0 Å². The highest BCUT2D eigenvalue weighted by molar-refractivity contribution is 6.09. The van der Waals surface area contributed by atoms with E-state index < -0.39 is 0 Å². The second kappa shape index (κ2) is 8.72. The molecule has 4 bridgehead atoms. The molecule has 2 aromatic heterocycles. The molecule has 38 heavy (non-hydrogen) atoms. The third-order valence-electron chi connectivity index (χ3n) is 9.39. The van der Waals surface area contributed by atoms with E-state index in [9.17, 15) is 4.79 Å². The van der Waals surface area contributed by atoms with Crippen molar-refractivity contribution in [2.45, 2.75) is 45.4 Å². The zero-order valence-corrected chi connectivity index (χ0v) is 22.4. The summed E-state index contributed by atoms with van der Waals surface area (Å²) in [5.41, 5.74) is 5.39. The molecule has 5 heteroatoms. The number of benzene rings is 2. The minimum atomic E-state index is -0.287. The summed E-state index contributed by atoms with van der Waals surface area (Å²) >= 11 is 0. The number of methoxy groups -OCH3 is 2. The Balaban J connectivity index is 1.50. The third kappa shape index (κ3) is 3.58. The zero-order chi connectivity index (χ0) is 26.0. The quantitative estimate of drug-likeness (QED) is 0.280. The molecule has 2 aromatic carbocycles. The van der Waals surface area contributed by atoms with E-state index in [4.69, 9.17) is 14.5 Å². The molecule has 2 heterocycles. The average molecular weight is 507 g/mol. The molecule has 0 spiro atoms. The molecule has 0 atom stereocenters. The summed E-state index contributed by atoms with van der Waals surface area (Å²) in [5.74, 6) is 3.91. The minimum Gasteiger partial charge on any atom is -0.497 e. The van der Waals surface area contributed by atoms with E-state index in [1.54, 1.807) is 14.2 Å². The zero-order valence-electron chi connectivity index (χ0n) is 22.4. The minimum absolute atomic E-state index is 0.241. The van der Waals surface area contributed by atoms with E-state index in [0.29, 0.717) is 17.8 Å². The van der Waals surface area contributed by atoms with Gasteiger partial charge in [0.1, 0.15) is 17.1 Å². The van der Waals surface area contributed by atoms with Crippen LogP contribution in [-0.4, -0.2) is 29.7 Å². The number of hydrogen-bond donors (Lipinski definition) is 0. The maximum atomic E-state index is 15.0. The SMILES string of the molecule is COc1ccc(-c2c(-c3ccc(OC)cc3)n(C(=O)C34CC5CC(CC(C5)C3)C4)c3nc(C)ccc23)cc1. The Labute approximate surface area is 223 Å². The number of aromatic nitrogens is 2. The van der Waals surface area contributed by atoms with E-state index in [0.717, 1.165) is 69.9 Å². The van der Waals surface area contributed by atoms with Crippen molar-refractivity contribution in [3.8, 4) is 33.9 Å². The molecule has 4 aliphatic rings. The summed E-state index contributed by atoms with van der Waals surface area (Å²) < 4.78 is 12.9. The van der Waals surface area contributed by atoms with E-state index in [-0.39, 0.29) is 11.3 Å². The van der Waals surface area contributed by atoms with Gasteiger partial charge in [-0.05, 0) is 123 Å². The van der Waals surface area contributed by atoms with Crippen LogP contribution in [0, 0.1) is 30.1 Å². The highest BCUT2D eigenvalue weighted by atomic mass is 16.5. The predicted molar refractivity (Wildman–Crippen MR) is 150 cm³/mol. The first-order chi connectivity index (χ1) is 18.5. The highest BCUT2D eigenvalue weighted by Gasteiger charge is 2.55. The first kappa shape index (κ1) is 23.5. The molecule has 0 N–H and O–H groups in total. The number of aryl methyl sites for hydroxylation is 1. The molecule has 0 radical (unpaired) electrons. The van der Waals surface area contributed by atoms with Crippen LogP contribution < -0.4 is 9.47 Å². The van der Waals surface area contributed by atoms with Crippen LogP contribution in [0.2, 0.25) is 0 Å². The van der Waals surface area contributed by atoms with E-state index in [1.807, 2.05) is 41.8 Å². The van der Waals surface area contributed by atoms with Crippen LogP contribution in [0.25, 0.3) is 33.4 Å². The van der Waals surface area contributed by atoms with Crippen LogP contribution in [-0.2, 0) is 0 Å². The molecule has 194 valence electrons. The molecule has 8 rings (SSSR count). The van der Waals surface area contributed by atoms with Gasteiger partial charge in [-0.15, -0.1) is 0 Å². The van der Waals surface area contributed by atoms with E-state index in [1.165, 1.54) is 19.3 Å². The smallest absolute Gasteiger partial charge is 0.239 e. The third-order valence-corrected chi connectivity index (χ3v) is 9.39. The average Bonchev–Trinajstić information content (AvgIpc) is 3.26. The van der Waals surface area contributed by atoms with Gasteiger partial charge in [0.05, 0.1) is 25.3 Å². The Morgan fingerprint density at radius 1 is 0.789 bits per heavy atom. The Bertz CT molecular complexity index is 1500. The van der Waals surface area contributed by atoms with Crippen molar-refractivity contribution in [2.75, 3.05) is 14.2 Å². The van der Waals surface area contributed by atoms with Crippen molar-refractivity contribution in [3.05, 3.63) is 66.4 Å². The topological polar surface area (TPSA) is 53.4 Å². The fourth-order valence-corrected chi connectivity index (χ4v) is 8.13. The van der Waals surface area contributed by atoms with Gasteiger partial charge in [-0.1, -0.05) is 12.1 Å². The van der Waals surface area contributed by atoms with Gasteiger partial charge in [-0.25, -0.2) is 4.98 Å². The van der Waals surface area contributed by atoms with Crippen molar-refractivity contribution in [1.82, 2.24) is 9.55 Å². The highest BCUT2D eigenvalue weighted by Crippen LogP contribution is 2.61. The van der Waals surface area contributed by atoms with Crippen molar-refractivity contribution < 1.29 is 14.3 Å². The van der Waals surface area contributed by atoms with Gasteiger partial charge in [-0.3, -0.25) is 9.36 Å². The molecule has 4 aliphatic carbocycles. The monoisotopic (exact) mass is 506 g/mol. The Morgan fingerprint density at radius 2 is 1.32 bits per heavy atom. The molecule has 4 aromatic rings. The van der Waals surface area contributed by atoms with Crippen LogP contribution in [0.4, 0.5) is 0 Å². The fraction of sp³-hybridized carbons (Fsp3) is 0.394. The number of hydrogen-bond acceptors (Lipinski definition) is 4. The number of ether oxygens (including phenoxy) is 2. The summed E-state index contributed by atoms with van der Waals surface area (Å²) in [4.78, 5) is 20.0. The molecular formula is C33H34N2O3. The maximum Gasteiger partial charge on any atom is 0.239 e. The molecule has 4 fully saturated rings. The second-order valence-corrected chi connectivity index (χ2v) is 11.8. The second-order valence-electron chi connectivity index (χ2n) is 11.8. The largest absolute Gasteiger partial charge is 0.497 e. The van der Waals surface area contributed by atoms with Gasteiger partial charge in [0.2, 0.25) is 5.91 Å². The van der Waals surface area contributed by atoms with Crippen molar-refractivity contribution in [1.29, 1.82) is 0 Å². The predicted octanol–water partition coefficient (Wildman–Crippen LogP) is 7.55. The summed E-state index contributed by atoms with van der Waals surface area (Å²) in [6, 6.07) is 20.4. The first-order valence-corrected chi connectivity index (χ1v) is 13.8. The van der Waals surface area contributed by atoms with E-state index >= 15 is 0 Å². The summed E-state index contributed by atoms with van der Waals surface area (Å²) in [7, 11) is 3.36. The molecule has 5 nitrogen and oxygen atoms in total. The van der Waals surface area contributed by atoms with Crippen LogP contribution >= 0.6 is 0 Å². The summed E-state index contributed by atoms with van der Waals surface area (Å²) in [6.45, 7) is 2.01. The first-order valence-electron chi connectivity index (χ1n) is 13.8. The number of carbonyl (C=O) groups is 1. The Kier molecular flexibility index (Phi) is 5.40. The van der Waals surface area contributed by atoms with Crippen molar-refractivity contribution in [2.24, 2.45) is 23.2 Å². The van der Waals surface area contributed by atoms with Gasteiger partial charge in [0.25, 0.3) is 0 Å². The lowest BCUT2D eigenvalue weighted by atomic mass is 9.49. The lowest BCUT2D eigenvalue weighted by molar-refractivity contribution is -0.0397. The van der Waals surface area contributed by atoms with E-state index in [2.05, 4.69) is 30.3 Å². The van der Waals surface area contributed by atoms with Gasteiger partial charge in [-0.2, -0.15) is 0 Å². The maximum absolute atomic E-state index is 15.0. The lowest BCUT2D eigenvalue weighted by Crippen LogP contribution is -2.51. The van der Waals surface area contributed by atoms with Gasteiger partial charge in [0.15, 0.2) is 0 Å². The fourth-order valence-electron chi connectivity index (χ4n) is 8.13. The summed E-state index contributed by atoms with van der Waals surface area (Å²) in [6.07, 6.45) is 6.96. The van der Waals surface area contributed by atoms with Gasteiger partial charge in [0, 0.05) is 16.6 Å². The standard InChI is InChI=1S/C33H34N2O3/c1-20-4-13-28-29(24-5-9-26(37-2)10-6-24)30(25-7-11-27(38-3)12-8-25)35(31(28)34-20)32(36)33-17-21-14-22(18-33)16-23(15-21)19-33/h4-13,21-23H,14-19H2,1-3H3. The number of nitrogens with zero attached hydrogens (tertiary/aromatic N) is 2. The number of fused-ring (bicyclic) bond motifs is 1. The number of rotatable bonds is 5. The normalized spacial score (nSPS) is 25.6. The molecule has 0 unspecified atom stereocenters. The van der Waals surface area contributed by atoms with Gasteiger partial charge >= 0.3 is 0 Å². The van der Waals surface area contributed by atoms with Crippen LogP contribution in [0.3, 0.4) is 0 Å². The van der Waals surface area contributed by atoms with Gasteiger partial charge < -0.3 is 9.47 Å². The molecule has 4 saturated carbocycles. The van der Waals surface area contributed by atoms with Crippen LogP contribution in [0.1, 0.15) is 49.0 Å². The molecule has 0 amide bonds. The van der Waals surface area contributed by atoms with Crippen molar-refractivity contribution >= 4 is 16.9 Å². The van der Waals surface area contributed by atoms with Crippen LogP contribution in [0.15, 0.2) is 60.7 Å². The number of carbonyl (C=O) groups excluding carboxylic acids is 1.